The molecule has 0 atom stereocenters. The molecule has 16 heteroatoms. The summed E-state index contributed by atoms with van der Waals surface area (Å²) in [6.45, 7) is 10.6. The van der Waals surface area contributed by atoms with Gasteiger partial charge in [-0.15, -0.1) is 0 Å². The van der Waals surface area contributed by atoms with Crippen molar-refractivity contribution in [1.82, 2.24) is 44.8 Å². The van der Waals surface area contributed by atoms with Crippen molar-refractivity contribution in [1.29, 1.82) is 0 Å². The number of aryl methyl sites for hydroxylation is 3. The molecule has 3 aromatic heterocycles. The molecule has 0 spiro atoms. The summed E-state index contributed by atoms with van der Waals surface area (Å²) in [5, 5.41) is 2.82. The van der Waals surface area contributed by atoms with Gasteiger partial charge in [-0.3, -0.25) is 4.79 Å². The Morgan fingerprint density at radius 3 is 1.16 bits per heavy atom. The van der Waals surface area contributed by atoms with Crippen LogP contribution in [0.5, 0.6) is 46.0 Å². The third kappa shape index (κ3) is 10.1. The van der Waals surface area contributed by atoms with Crippen molar-refractivity contribution < 1.29 is 43.2 Å². The van der Waals surface area contributed by atoms with E-state index in [0.717, 1.165) is 52.0 Å². The van der Waals surface area contributed by atoms with E-state index in [0.29, 0.717) is 132 Å². The van der Waals surface area contributed by atoms with Gasteiger partial charge in [0, 0.05) is 83.6 Å². The van der Waals surface area contributed by atoms with Crippen molar-refractivity contribution in [3.05, 3.63) is 187 Å². The Balaban J connectivity index is 0.00000618. The van der Waals surface area contributed by atoms with Crippen LogP contribution in [0.4, 0.5) is 5.69 Å². The summed E-state index contributed by atoms with van der Waals surface area (Å²) < 4.78 is 25.9. The number of carbonyl (C=O) groups excluding carboxylic acids is 1. The summed E-state index contributed by atoms with van der Waals surface area (Å²) in [7, 11) is 0. The van der Waals surface area contributed by atoms with Crippen LogP contribution < -0.4 is 33.8 Å². The predicted molar refractivity (Wildman–Crippen MR) is 309 cm³/mol. The van der Waals surface area contributed by atoms with E-state index in [1.807, 2.05) is 196 Å². The van der Waals surface area contributed by atoms with Crippen molar-refractivity contribution in [2.45, 2.75) is 27.7 Å². The average Bonchev–Trinajstić information content (AvgIpc) is 4.26. The number of nitrogens with zero attached hydrogens (tertiary/aromatic N) is 10. The van der Waals surface area contributed by atoms with Crippen LogP contribution in [-0.2, 0) is 24.3 Å². The second-order valence-electron chi connectivity index (χ2n) is 20.2. The van der Waals surface area contributed by atoms with Gasteiger partial charge < -0.3 is 58.7 Å². The topological polar surface area (TPSA) is 166 Å². The van der Waals surface area contributed by atoms with Crippen LogP contribution in [0, 0.1) is 20.8 Å². The van der Waals surface area contributed by atoms with Gasteiger partial charge >= 0.3 is 19.5 Å². The minimum absolute atomic E-state index is 0. The average molecular weight is 1110 g/mol. The molecular formula is C65H48N10O5Zn. The smallest absolute Gasteiger partial charge is 0.457 e. The summed E-state index contributed by atoms with van der Waals surface area (Å²) >= 11 is 0. The number of carbonyl (C=O) groups is 1. The maximum absolute atomic E-state index is 12.0. The Labute approximate surface area is 478 Å². The van der Waals surface area contributed by atoms with Gasteiger partial charge in [0.05, 0.1) is 23.3 Å². The maximum Gasteiger partial charge on any atom is 2.00 e. The van der Waals surface area contributed by atoms with Gasteiger partial charge in [0.25, 0.3) is 0 Å². The molecule has 0 radical (unpaired) electrons. The number of ether oxygens (including phenoxy) is 4. The maximum atomic E-state index is 12.0. The largest absolute Gasteiger partial charge is 2.00 e. The van der Waals surface area contributed by atoms with Crippen LogP contribution in [0.3, 0.4) is 0 Å². The molecule has 390 valence electrons. The van der Waals surface area contributed by atoms with E-state index in [-0.39, 0.29) is 25.4 Å². The van der Waals surface area contributed by atoms with Crippen molar-refractivity contribution >= 4 is 55.7 Å². The molecule has 1 amide bonds. The summed E-state index contributed by atoms with van der Waals surface area (Å²) in [6, 6.07) is 54.8. The molecule has 0 saturated carbocycles. The van der Waals surface area contributed by atoms with Crippen LogP contribution in [0.2, 0.25) is 0 Å². The predicted octanol–water partition coefficient (Wildman–Crippen LogP) is 13.9. The van der Waals surface area contributed by atoms with Gasteiger partial charge in [0.15, 0.2) is 0 Å². The molecule has 3 aliphatic heterocycles. The van der Waals surface area contributed by atoms with Crippen molar-refractivity contribution in [3.63, 3.8) is 0 Å². The number of amides is 1. The zero-order valence-electron chi connectivity index (χ0n) is 44.7. The van der Waals surface area contributed by atoms with E-state index in [1.165, 1.54) is 0 Å². The number of piperazine rings is 1. The monoisotopic (exact) mass is 1110 g/mol. The second kappa shape index (κ2) is 20.8. The Morgan fingerprint density at radius 2 is 0.741 bits per heavy atom. The first-order chi connectivity index (χ1) is 39.0. The number of benzene rings is 8. The van der Waals surface area contributed by atoms with Gasteiger partial charge in [0.2, 0.25) is 5.91 Å². The van der Waals surface area contributed by atoms with E-state index < -0.39 is 0 Å². The molecule has 15 nitrogen and oxygen atoms in total. The molecule has 81 heavy (non-hydrogen) atoms. The quantitative estimate of drug-likeness (QED) is 0.125. The number of rotatable bonds is 9. The van der Waals surface area contributed by atoms with Crippen LogP contribution >= 0.6 is 0 Å². The Kier molecular flexibility index (Phi) is 13.0. The van der Waals surface area contributed by atoms with E-state index in [9.17, 15) is 4.79 Å². The summed E-state index contributed by atoms with van der Waals surface area (Å²) in [5.41, 5.74) is 8.63. The van der Waals surface area contributed by atoms with Crippen molar-refractivity contribution in [2.24, 2.45) is 0 Å². The molecule has 11 aromatic rings. The Morgan fingerprint density at radius 1 is 0.383 bits per heavy atom. The fourth-order valence-electron chi connectivity index (χ4n) is 10.4. The van der Waals surface area contributed by atoms with E-state index in [2.05, 4.69) is 4.90 Å². The Bertz CT molecular complexity index is 4440. The molecule has 8 bridgehead atoms. The van der Waals surface area contributed by atoms with Gasteiger partial charge in [0.1, 0.15) is 46.0 Å². The number of anilines is 1. The molecule has 0 aliphatic carbocycles. The zero-order valence-corrected chi connectivity index (χ0v) is 47.7. The third-order valence-electron chi connectivity index (χ3n) is 14.4. The van der Waals surface area contributed by atoms with Gasteiger partial charge in [-0.1, -0.05) is 36.4 Å². The molecule has 14 rings (SSSR count). The normalized spacial score (nSPS) is 12.6. The summed E-state index contributed by atoms with van der Waals surface area (Å²) in [4.78, 5) is 57.8. The molecule has 1 saturated heterocycles. The minimum atomic E-state index is 0. The third-order valence-corrected chi connectivity index (χ3v) is 14.4. The molecule has 0 N–H and O–H groups in total. The SMILES string of the molecule is CC(=O)N1CCN(c2ccc(Oc3ccc4c5nc6nc(nc7[n-]c(nc8nc(nc([n-]5)c4c3)-c3ccc(Oc4cccc(C)c4)cc3-8)c3ccc(Oc4cccc(C)c4)cc73)-c3ccc(Oc4cccc(C)c4)cc3-6)cc2)CC1.[Zn+2]. The number of fused-ring (bicyclic) bond motifs is 20. The van der Waals surface area contributed by atoms with E-state index in [4.69, 9.17) is 58.8 Å². The first kappa shape index (κ1) is 50.7. The van der Waals surface area contributed by atoms with Crippen LogP contribution in [0.25, 0.3) is 89.7 Å². The van der Waals surface area contributed by atoms with Gasteiger partial charge in [-0.05, 0) is 192 Å². The molecular weight excluding hydrogens is 1070 g/mol. The van der Waals surface area contributed by atoms with Crippen LogP contribution in [-0.4, -0.2) is 66.9 Å². The fraction of sp³-hybridized carbons (Fsp3) is 0.123. The van der Waals surface area contributed by atoms with E-state index >= 15 is 0 Å². The number of aromatic nitrogens is 8. The molecule has 6 heterocycles. The van der Waals surface area contributed by atoms with Crippen molar-refractivity contribution in [3.8, 4) is 91.5 Å². The number of hydrogen-bond donors (Lipinski definition) is 0. The summed E-state index contributed by atoms with van der Waals surface area (Å²) in [6.07, 6.45) is 0. The molecule has 8 aromatic carbocycles. The first-order valence-electron chi connectivity index (χ1n) is 26.4. The Hall–Kier alpha value is -9.79. The minimum Gasteiger partial charge on any atom is -0.457 e. The second-order valence-corrected chi connectivity index (χ2v) is 20.2. The van der Waals surface area contributed by atoms with Crippen LogP contribution in [0.1, 0.15) is 23.6 Å². The zero-order chi connectivity index (χ0) is 54.0. The molecule has 1 fully saturated rings. The van der Waals surface area contributed by atoms with E-state index in [1.54, 1.807) is 6.92 Å². The summed E-state index contributed by atoms with van der Waals surface area (Å²) in [5.74, 6) is 6.75. The number of hydrogen-bond acceptors (Lipinski definition) is 12. The van der Waals surface area contributed by atoms with Gasteiger partial charge in [-0.2, -0.15) is 0 Å². The molecule has 3 aliphatic rings. The standard InChI is InChI=1S/C65H48N10O5.Zn/c1-37-8-5-11-43(30-37)78-47-19-23-51-55(34-47)64-69-59(51)67-62-54-33-46(77-42-16-14-41(15-17-42)75-28-26-74(27-29-75)40(4)76)18-22-50(54)58(66-62)68-63-56-35-48(79-44-12-6-9-38(2)31-44)20-24-52(56)60(70-63)72-65-57-36-49(21-25-53(57)61(71-64)73-65)80-45-13-7-10-39(3)32-45;/h5-25,30-36H,26-29H2,1-4H3;/q-2;+2. The van der Waals surface area contributed by atoms with Gasteiger partial charge in [-0.25, -0.2) is 9.97 Å². The van der Waals surface area contributed by atoms with Crippen molar-refractivity contribution in [2.75, 3.05) is 31.1 Å². The van der Waals surface area contributed by atoms with Crippen LogP contribution in [0.15, 0.2) is 170 Å². The first-order valence-corrected chi connectivity index (χ1v) is 26.4. The fourth-order valence-corrected chi connectivity index (χ4v) is 10.4. The molecule has 0 unspecified atom stereocenters.